The van der Waals surface area contributed by atoms with Gasteiger partial charge in [-0.3, -0.25) is 4.98 Å². The third kappa shape index (κ3) is 4.36. The molecule has 0 saturated carbocycles. The number of hydrogen-bond acceptors (Lipinski definition) is 4. The lowest BCUT2D eigenvalue weighted by atomic mass is 10.0. The largest absolute Gasteiger partial charge is 0.467 e. The fourth-order valence-corrected chi connectivity index (χ4v) is 4.27. The average Bonchev–Trinajstić information content (AvgIpc) is 3.44. The molecule has 1 aliphatic rings. The minimum atomic E-state index is 0.00769. The van der Waals surface area contributed by atoms with Crippen LogP contribution in [0.25, 0.3) is 0 Å². The number of pyridine rings is 1. The lowest BCUT2D eigenvalue weighted by Crippen LogP contribution is -2.33. The summed E-state index contributed by atoms with van der Waals surface area (Å²) in [5.74, 6) is 0.935. The smallest absolute Gasteiger partial charge is 0.170 e. The topological polar surface area (TPSA) is 49.5 Å². The first-order valence-electron chi connectivity index (χ1n) is 9.93. The minimum Gasteiger partial charge on any atom is -0.467 e. The van der Waals surface area contributed by atoms with Crippen molar-refractivity contribution in [2.24, 2.45) is 0 Å². The zero-order chi connectivity index (χ0) is 20.2. The second-order valence-electron chi connectivity index (χ2n) is 7.62. The monoisotopic (exact) mass is 409 g/mol. The molecule has 6 nitrogen and oxygen atoms in total. The van der Waals surface area contributed by atoms with Gasteiger partial charge in [0.15, 0.2) is 5.11 Å². The van der Waals surface area contributed by atoms with Crippen LogP contribution in [0.3, 0.4) is 0 Å². The molecule has 29 heavy (non-hydrogen) atoms. The molecule has 1 N–H and O–H groups in total. The van der Waals surface area contributed by atoms with E-state index in [1.807, 2.05) is 30.5 Å². The zero-order valence-electron chi connectivity index (χ0n) is 16.9. The third-order valence-electron chi connectivity index (χ3n) is 5.28. The van der Waals surface area contributed by atoms with Crippen molar-refractivity contribution in [2.45, 2.75) is 25.0 Å². The summed E-state index contributed by atoms with van der Waals surface area (Å²) in [6, 6.07) is 14.3. The average molecular weight is 410 g/mol. The minimum absolute atomic E-state index is 0.00769. The Morgan fingerprint density at radius 2 is 2.07 bits per heavy atom. The Balaban J connectivity index is 1.66. The highest BCUT2D eigenvalue weighted by Gasteiger charge is 2.40. The summed E-state index contributed by atoms with van der Waals surface area (Å²) in [4.78, 5) is 9.14. The molecular formula is C22H27N5OS. The molecule has 7 heteroatoms. The normalized spacial score (nSPS) is 19.1. The fraction of sp³-hybridized carbons (Fsp3) is 0.364. The Hall–Kier alpha value is -2.64. The van der Waals surface area contributed by atoms with E-state index in [2.05, 4.69) is 63.2 Å². The van der Waals surface area contributed by atoms with Gasteiger partial charge in [-0.25, -0.2) is 0 Å². The van der Waals surface area contributed by atoms with Crippen LogP contribution in [0.15, 0.2) is 65.5 Å². The SMILES string of the molecule is CN(C)CCCN1C(=S)N[C@@H](c2ccccn2)[C@@H]1c1cccn1Cc1ccco1. The Bertz CT molecular complexity index is 922. The summed E-state index contributed by atoms with van der Waals surface area (Å²) < 4.78 is 7.83. The number of aromatic nitrogens is 2. The van der Waals surface area contributed by atoms with Gasteiger partial charge in [-0.15, -0.1) is 0 Å². The maximum absolute atomic E-state index is 5.75. The molecule has 0 amide bonds. The number of nitrogens with zero attached hydrogens (tertiary/aromatic N) is 4. The predicted octanol–water partition coefficient (Wildman–Crippen LogP) is 3.45. The highest BCUT2D eigenvalue weighted by Crippen LogP contribution is 2.38. The first-order chi connectivity index (χ1) is 14.1. The van der Waals surface area contributed by atoms with Gasteiger partial charge in [0.1, 0.15) is 5.76 Å². The maximum atomic E-state index is 5.75. The van der Waals surface area contributed by atoms with Crippen molar-refractivity contribution in [3.05, 3.63) is 78.3 Å². The van der Waals surface area contributed by atoms with Gasteiger partial charge in [0.05, 0.1) is 30.6 Å². The van der Waals surface area contributed by atoms with Gasteiger partial charge in [0.2, 0.25) is 0 Å². The third-order valence-corrected chi connectivity index (χ3v) is 5.63. The van der Waals surface area contributed by atoms with E-state index in [9.17, 15) is 0 Å². The first-order valence-corrected chi connectivity index (χ1v) is 10.3. The quantitative estimate of drug-likeness (QED) is 0.575. The zero-order valence-corrected chi connectivity index (χ0v) is 17.7. The van der Waals surface area contributed by atoms with Crippen molar-refractivity contribution in [3.8, 4) is 0 Å². The number of thiocarbonyl (C=S) groups is 1. The Morgan fingerprint density at radius 1 is 1.17 bits per heavy atom. The van der Waals surface area contributed by atoms with E-state index in [0.717, 1.165) is 36.1 Å². The molecule has 0 bridgehead atoms. The van der Waals surface area contributed by atoms with Crippen molar-refractivity contribution in [1.82, 2.24) is 24.7 Å². The second kappa shape index (κ2) is 8.80. The van der Waals surface area contributed by atoms with E-state index in [4.69, 9.17) is 16.6 Å². The molecule has 2 atom stereocenters. The van der Waals surface area contributed by atoms with Crippen LogP contribution in [0.1, 0.15) is 35.7 Å². The number of rotatable bonds is 8. The van der Waals surface area contributed by atoms with Gasteiger partial charge in [-0.1, -0.05) is 6.07 Å². The van der Waals surface area contributed by atoms with Crippen LogP contribution in [0, 0.1) is 0 Å². The molecule has 4 heterocycles. The molecule has 3 aromatic rings. The van der Waals surface area contributed by atoms with Crippen molar-refractivity contribution in [1.29, 1.82) is 0 Å². The van der Waals surface area contributed by atoms with Crippen molar-refractivity contribution in [3.63, 3.8) is 0 Å². The number of nitrogens with one attached hydrogen (secondary N) is 1. The Morgan fingerprint density at radius 3 is 2.79 bits per heavy atom. The van der Waals surface area contributed by atoms with E-state index in [0.29, 0.717) is 6.54 Å². The summed E-state index contributed by atoms with van der Waals surface area (Å²) in [7, 11) is 4.20. The van der Waals surface area contributed by atoms with E-state index in [-0.39, 0.29) is 12.1 Å². The van der Waals surface area contributed by atoms with Crippen LogP contribution in [0.5, 0.6) is 0 Å². The van der Waals surface area contributed by atoms with E-state index in [1.54, 1.807) is 6.26 Å². The lowest BCUT2D eigenvalue weighted by molar-refractivity contribution is 0.282. The molecule has 0 aromatic carbocycles. The molecule has 0 unspecified atom stereocenters. The molecule has 1 aliphatic heterocycles. The first kappa shape index (κ1) is 19.7. The molecular weight excluding hydrogens is 382 g/mol. The number of hydrogen-bond donors (Lipinski definition) is 1. The summed E-state index contributed by atoms with van der Waals surface area (Å²) in [6.45, 7) is 2.61. The van der Waals surface area contributed by atoms with Crippen molar-refractivity contribution in [2.75, 3.05) is 27.2 Å². The molecule has 3 aromatic heterocycles. The molecule has 152 valence electrons. The van der Waals surface area contributed by atoms with Crippen LogP contribution in [0.4, 0.5) is 0 Å². The van der Waals surface area contributed by atoms with Crippen LogP contribution >= 0.6 is 12.2 Å². The Labute approximate surface area is 177 Å². The highest BCUT2D eigenvalue weighted by atomic mass is 32.1. The van der Waals surface area contributed by atoms with Gasteiger partial charge in [-0.2, -0.15) is 0 Å². The van der Waals surface area contributed by atoms with Gasteiger partial charge in [0.25, 0.3) is 0 Å². The van der Waals surface area contributed by atoms with Crippen LogP contribution < -0.4 is 5.32 Å². The lowest BCUT2D eigenvalue weighted by Gasteiger charge is -2.29. The number of furan rings is 1. The van der Waals surface area contributed by atoms with Gasteiger partial charge in [-0.05, 0) is 75.7 Å². The summed E-state index contributed by atoms with van der Waals surface area (Å²) >= 11 is 5.75. The summed E-state index contributed by atoms with van der Waals surface area (Å²) in [5, 5.41) is 4.31. The summed E-state index contributed by atoms with van der Waals surface area (Å²) in [5.41, 5.74) is 2.20. The van der Waals surface area contributed by atoms with Gasteiger partial charge < -0.3 is 24.1 Å². The van der Waals surface area contributed by atoms with E-state index in [1.165, 1.54) is 5.69 Å². The van der Waals surface area contributed by atoms with Crippen LogP contribution in [-0.4, -0.2) is 51.6 Å². The predicted molar refractivity (Wildman–Crippen MR) is 118 cm³/mol. The van der Waals surface area contributed by atoms with E-state index < -0.39 is 0 Å². The molecule has 1 saturated heterocycles. The fourth-order valence-electron chi connectivity index (χ4n) is 3.94. The standard InChI is InChI=1S/C22H27N5OS/c1-25(2)12-7-14-27-21(20(24-22(27)29)18-9-3-4-11-23-18)19-10-5-13-26(19)16-17-8-6-15-28-17/h3-6,8-11,13,15,20-21H,7,12,14,16H2,1-2H3,(H,24,29)/t20-,21-/m0/s1. The van der Waals surface area contributed by atoms with Crippen LogP contribution in [0.2, 0.25) is 0 Å². The second-order valence-corrected chi connectivity index (χ2v) is 8.00. The summed E-state index contributed by atoms with van der Waals surface area (Å²) in [6.07, 6.45) is 6.70. The van der Waals surface area contributed by atoms with Gasteiger partial charge in [0, 0.05) is 24.6 Å². The van der Waals surface area contributed by atoms with Crippen molar-refractivity contribution >= 4 is 17.3 Å². The molecule has 0 spiro atoms. The molecule has 1 fully saturated rings. The van der Waals surface area contributed by atoms with Crippen LogP contribution in [-0.2, 0) is 6.54 Å². The van der Waals surface area contributed by atoms with Gasteiger partial charge >= 0.3 is 0 Å². The van der Waals surface area contributed by atoms with E-state index >= 15 is 0 Å². The molecule has 0 radical (unpaired) electrons. The molecule has 0 aliphatic carbocycles. The Kier molecular flexibility index (Phi) is 5.97. The highest BCUT2D eigenvalue weighted by molar-refractivity contribution is 7.80. The van der Waals surface area contributed by atoms with Crippen molar-refractivity contribution < 1.29 is 4.42 Å². The molecule has 4 rings (SSSR count). The maximum Gasteiger partial charge on any atom is 0.170 e.